The molecule has 2 aromatic carbocycles. The van der Waals surface area contributed by atoms with Crippen LogP contribution in [0.1, 0.15) is 23.1 Å². The van der Waals surface area contributed by atoms with E-state index in [9.17, 15) is 9.50 Å². The lowest BCUT2D eigenvalue weighted by atomic mass is 10.0. The number of nitrogens with zero attached hydrogens (tertiary/aromatic N) is 2. The average Bonchev–Trinajstić information content (AvgIpc) is 2.66. The predicted octanol–water partition coefficient (Wildman–Crippen LogP) is 3.21. The quantitative estimate of drug-likeness (QED) is 0.810. The molecule has 0 spiro atoms. The zero-order valence-corrected chi connectivity index (χ0v) is 16.2. The van der Waals surface area contributed by atoms with Gasteiger partial charge < -0.3 is 9.84 Å². The molecule has 1 aliphatic rings. The van der Waals surface area contributed by atoms with Gasteiger partial charge in [0.05, 0.1) is 7.11 Å². The molecule has 0 radical (unpaired) electrons. The number of aliphatic hydroxyl groups excluding tert-OH is 1. The van der Waals surface area contributed by atoms with Crippen molar-refractivity contribution in [3.8, 4) is 5.75 Å². The summed E-state index contributed by atoms with van der Waals surface area (Å²) in [6.45, 7) is 6.32. The van der Waals surface area contributed by atoms with Gasteiger partial charge >= 0.3 is 0 Å². The lowest BCUT2D eigenvalue weighted by molar-refractivity contribution is 0.0494. The molecule has 1 heterocycles. The van der Waals surface area contributed by atoms with Gasteiger partial charge in [0.1, 0.15) is 11.6 Å². The van der Waals surface area contributed by atoms with Crippen molar-refractivity contribution in [2.45, 2.75) is 32.5 Å². The van der Waals surface area contributed by atoms with Crippen LogP contribution in [0, 0.1) is 12.7 Å². The zero-order chi connectivity index (χ0) is 19.2. The van der Waals surface area contributed by atoms with Crippen molar-refractivity contribution in [1.82, 2.24) is 9.80 Å². The molecule has 1 saturated heterocycles. The summed E-state index contributed by atoms with van der Waals surface area (Å²) in [6.07, 6.45) is 0.725. The Morgan fingerprint density at radius 2 is 1.96 bits per heavy atom. The molecule has 1 fully saturated rings. The van der Waals surface area contributed by atoms with Crippen LogP contribution in [0.4, 0.5) is 4.39 Å². The van der Waals surface area contributed by atoms with Crippen molar-refractivity contribution in [1.29, 1.82) is 0 Å². The number of aryl methyl sites for hydroxylation is 1. The SMILES string of the molecule is COc1ccc(CN2CCN(Cc3ccccc3F)CC2CCO)cc1C. The third-order valence-corrected chi connectivity index (χ3v) is 5.35. The van der Waals surface area contributed by atoms with Crippen LogP contribution in [0.25, 0.3) is 0 Å². The molecule has 4 nitrogen and oxygen atoms in total. The Morgan fingerprint density at radius 3 is 2.67 bits per heavy atom. The number of hydrogen-bond donors (Lipinski definition) is 1. The first-order valence-corrected chi connectivity index (χ1v) is 9.55. The third kappa shape index (κ3) is 5.06. The minimum absolute atomic E-state index is 0.146. The molecule has 1 atom stereocenters. The highest BCUT2D eigenvalue weighted by atomic mass is 19.1. The maximum Gasteiger partial charge on any atom is 0.127 e. The van der Waals surface area contributed by atoms with Gasteiger partial charge in [-0.2, -0.15) is 0 Å². The molecule has 0 aromatic heterocycles. The van der Waals surface area contributed by atoms with E-state index in [1.807, 2.05) is 18.2 Å². The molecular formula is C22H29FN2O2. The van der Waals surface area contributed by atoms with Crippen LogP contribution in [0.3, 0.4) is 0 Å². The molecule has 27 heavy (non-hydrogen) atoms. The second-order valence-electron chi connectivity index (χ2n) is 7.27. The van der Waals surface area contributed by atoms with E-state index in [0.717, 1.165) is 49.5 Å². The molecule has 1 aliphatic heterocycles. The van der Waals surface area contributed by atoms with E-state index in [-0.39, 0.29) is 18.5 Å². The Labute approximate surface area is 161 Å². The van der Waals surface area contributed by atoms with Crippen molar-refractivity contribution in [2.24, 2.45) is 0 Å². The van der Waals surface area contributed by atoms with Crippen LogP contribution in [0.5, 0.6) is 5.75 Å². The lowest BCUT2D eigenvalue weighted by Gasteiger charge is -2.41. The van der Waals surface area contributed by atoms with Gasteiger partial charge in [0.25, 0.3) is 0 Å². The maximum atomic E-state index is 14.0. The van der Waals surface area contributed by atoms with Gasteiger partial charge in [0, 0.05) is 50.9 Å². The van der Waals surface area contributed by atoms with Gasteiger partial charge in [-0.1, -0.05) is 30.3 Å². The van der Waals surface area contributed by atoms with Gasteiger partial charge in [0.15, 0.2) is 0 Å². The van der Waals surface area contributed by atoms with Crippen LogP contribution < -0.4 is 4.74 Å². The van der Waals surface area contributed by atoms with E-state index in [0.29, 0.717) is 6.54 Å². The molecule has 1 N–H and O–H groups in total. The zero-order valence-electron chi connectivity index (χ0n) is 16.2. The number of halogens is 1. The maximum absolute atomic E-state index is 14.0. The molecule has 0 aliphatic carbocycles. The summed E-state index contributed by atoms with van der Waals surface area (Å²) in [5.41, 5.74) is 3.12. The Kier molecular flexibility index (Phi) is 6.83. The summed E-state index contributed by atoms with van der Waals surface area (Å²) >= 11 is 0. The van der Waals surface area contributed by atoms with Crippen LogP contribution in [-0.2, 0) is 13.1 Å². The smallest absolute Gasteiger partial charge is 0.127 e. The van der Waals surface area contributed by atoms with E-state index in [1.165, 1.54) is 11.6 Å². The average molecular weight is 372 g/mol. The highest BCUT2D eigenvalue weighted by Gasteiger charge is 2.27. The van der Waals surface area contributed by atoms with E-state index in [2.05, 4.69) is 28.9 Å². The molecule has 2 aromatic rings. The molecule has 3 rings (SSSR count). The Hall–Kier alpha value is -1.95. The topological polar surface area (TPSA) is 35.9 Å². The third-order valence-electron chi connectivity index (χ3n) is 5.35. The largest absolute Gasteiger partial charge is 0.496 e. The fraction of sp³-hybridized carbons (Fsp3) is 0.455. The van der Waals surface area contributed by atoms with E-state index in [4.69, 9.17) is 4.74 Å². The second kappa shape index (κ2) is 9.31. The van der Waals surface area contributed by atoms with Gasteiger partial charge in [-0.3, -0.25) is 9.80 Å². The van der Waals surface area contributed by atoms with Gasteiger partial charge in [-0.25, -0.2) is 4.39 Å². The normalized spacial score (nSPS) is 18.6. The number of benzene rings is 2. The first-order valence-electron chi connectivity index (χ1n) is 9.55. The number of aliphatic hydroxyl groups is 1. The number of ether oxygens (including phenoxy) is 1. The molecule has 5 heteroatoms. The highest BCUT2D eigenvalue weighted by molar-refractivity contribution is 5.36. The summed E-state index contributed by atoms with van der Waals surface area (Å²) in [5.74, 6) is 0.757. The van der Waals surface area contributed by atoms with Gasteiger partial charge in [0.2, 0.25) is 0 Å². The summed E-state index contributed by atoms with van der Waals surface area (Å²) in [5, 5.41) is 9.51. The lowest BCUT2D eigenvalue weighted by Crippen LogP contribution is -2.52. The summed E-state index contributed by atoms with van der Waals surface area (Å²) in [7, 11) is 1.69. The molecular weight excluding hydrogens is 343 g/mol. The molecule has 0 saturated carbocycles. The number of methoxy groups -OCH3 is 1. The number of rotatable bonds is 7. The van der Waals surface area contributed by atoms with Gasteiger partial charge in [-0.05, 0) is 36.6 Å². The summed E-state index contributed by atoms with van der Waals surface area (Å²) < 4.78 is 19.3. The molecule has 0 amide bonds. The number of piperazine rings is 1. The van der Waals surface area contributed by atoms with E-state index in [1.54, 1.807) is 13.2 Å². The van der Waals surface area contributed by atoms with Crippen LogP contribution in [0.2, 0.25) is 0 Å². The Morgan fingerprint density at radius 1 is 1.15 bits per heavy atom. The summed E-state index contributed by atoms with van der Waals surface area (Å²) in [4.78, 5) is 4.71. The van der Waals surface area contributed by atoms with Crippen molar-refractivity contribution >= 4 is 0 Å². The molecule has 0 bridgehead atoms. The van der Waals surface area contributed by atoms with Crippen LogP contribution in [-0.4, -0.2) is 54.3 Å². The first-order chi connectivity index (χ1) is 13.1. The minimum Gasteiger partial charge on any atom is -0.496 e. The standard InChI is InChI=1S/C22H29FN2O2/c1-17-13-18(7-8-22(17)27-2)14-25-11-10-24(16-20(25)9-12-26)15-19-5-3-4-6-21(19)23/h3-8,13,20,26H,9-12,14-16H2,1-2H3. The number of hydrogen-bond acceptors (Lipinski definition) is 4. The minimum atomic E-state index is -0.146. The predicted molar refractivity (Wildman–Crippen MR) is 105 cm³/mol. The van der Waals surface area contributed by atoms with E-state index < -0.39 is 0 Å². The van der Waals surface area contributed by atoms with Crippen molar-refractivity contribution in [2.75, 3.05) is 33.4 Å². The van der Waals surface area contributed by atoms with Crippen molar-refractivity contribution in [3.63, 3.8) is 0 Å². The molecule has 1 unspecified atom stereocenters. The first kappa shape index (κ1) is 19.8. The fourth-order valence-corrected chi connectivity index (χ4v) is 3.87. The summed E-state index contributed by atoms with van der Waals surface area (Å²) in [6, 6.07) is 13.5. The highest BCUT2D eigenvalue weighted by Crippen LogP contribution is 2.23. The Balaban J connectivity index is 1.65. The Bertz CT molecular complexity index is 753. The van der Waals surface area contributed by atoms with E-state index >= 15 is 0 Å². The van der Waals surface area contributed by atoms with Crippen LogP contribution >= 0.6 is 0 Å². The van der Waals surface area contributed by atoms with Crippen LogP contribution in [0.15, 0.2) is 42.5 Å². The monoisotopic (exact) mass is 372 g/mol. The van der Waals surface area contributed by atoms with Crippen molar-refractivity contribution in [3.05, 3.63) is 65.0 Å². The van der Waals surface area contributed by atoms with Crippen molar-refractivity contribution < 1.29 is 14.2 Å². The fourth-order valence-electron chi connectivity index (χ4n) is 3.87. The second-order valence-corrected chi connectivity index (χ2v) is 7.27. The van der Waals surface area contributed by atoms with Gasteiger partial charge in [-0.15, -0.1) is 0 Å². The molecule has 146 valence electrons.